The SMILES string of the molecule is Cc1ccc(-c2nnn(CC3CCCCO3)n2)cc1C. The summed E-state index contributed by atoms with van der Waals surface area (Å²) in [6, 6.07) is 6.24. The van der Waals surface area contributed by atoms with Crippen LogP contribution in [-0.4, -0.2) is 32.9 Å². The van der Waals surface area contributed by atoms with E-state index in [1.165, 1.54) is 17.5 Å². The number of rotatable bonds is 3. The van der Waals surface area contributed by atoms with E-state index >= 15 is 0 Å². The Bertz CT molecular complexity index is 587. The van der Waals surface area contributed by atoms with Gasteiger partial charge < -0.3 is 4.74 Å². The Kier molecular flexibility index (Phi) is 3.78. The first-order valence-corrected chi connectivity index (χ1v) is 7.19. The van der Waals surface area contributed by atoms with E-state index in [0.29, 0.717) is 12.4 Å². The van der Waals surface area contributed by atoms with Crippen LogP contribution < -0.4 is 0 Å². The highest BCUT2D eigenvalue weighted by molar-refractivity contribution is 5.56. The second kappa shape index (κ2) is 5.71. The summed E-state index contributed by atoms with van der Waals surface area (Å²) in [5.41, 5.74) is 3.54. The summed E-state index contributed by atoms with van der Waals surface area (Å²) in [5.74, 6) is 0.684. The van der Waals surface area contributed by atoms with E-state index in [0.717, 1.165) is 25.0 Å². The Morgan fingerprint density at radius 1 is 1.25 bits per heavy atom. The lowest BCUT2D eigenvalue weighted by atomic mass is 10.1. The number of ether oxygens (including phenoxy) is 1. The molecule has 0 saturated carbocycles. The minimum Gasteiger partial charge on any atom is -0.376 e. The quantitative estimate of drug-likeness (QED) is 0.861. The molecule has 5 nitrogen and oxygen atoms in total. The van der Waals surface area contributed by atoms with Crippen molar-refractivity contribution in [2.24, 2.45) is 0 Å². The van der Waals surface area contributed by atoms with Crippen LogP contribution in [0.3, 0.4) is 0 Å². The van der Waals surface area contributed by atoms with Gasteiger partial charge in [-0.3, -0.25) is 0 Å². The summed E-state index contributed by atoms with van der Waals surface area (Å²) in [7, 11) is 0. The third-order valence-corrected chi connectivity index (χ3v) is 3.86. The zero-order chi connectivity index (χ0) is 13.9. The molecule has 1 aromatic carbocycles. The zero-order valence-corrected chi connectivity index (χ0v) is 12.0. The maximum absolute atomic E-state index is 5.70. The molecule has 2 aromatic rings. The molecule has 5 heteroatoms. The number of hydrogen-bond acceptors (Lipinski definition) is 4. The fourth-order valence-corrected chi connectivity index (χ4v) is 2.45. The van der Waals surface area contributed by atoms with Gasteiger partial charge in [-0.15, -0.1) is 10.2 Å². The summed E-state index contributed by atoms with van der Waals surface area (Å²) in [6.45, 7) is 5.74. The molecular weight excluding hydrogens is 252 g/mol. The van der Waals surface area contributed by atoms with Gasteiger partial charge in [-0.1, -0.05) is 12.1 Å². The fourth-order valence-electron chi connectivity index (χ4n) is 2.45. The Labute approximate surface area is 118 Å². The molecule has 1 unspecified atom stereocenters. The normalized spacial score (nSPS) is 19.2. The van der Waals surface area contributed by atoms with Crippen molar-refractivity contribution >= 4 is 0 Å². The molecule has 0 spiro atoms. The van der Waals surface area contributed by atoms with E-state index in [1.807, 2.05) is 6.07 Å². The molecule has 1 saturated heterocycles. The van der Waals surface area contributed by atoms with Crippen LogP contribution in [-0.2, 0) is 11.3 Å². The second-order valence-electron chi connectivity index (χ2n) is 5.46. The fraction of sp³-hybridized carbons (Fsp3) is 0.533. The van der Waals surface area contributed by atoms with Crippen molar-refractivity contribution in [3.63, 3.8) is 0 Å². The van der Waals surface area contributed by atoms with E-state index in [-0.39, 0.29) is 6.10 Å². The molecule has 1 aliphatic rings. The zero-order valence-electron chi connectivity index (χ0n) is 12.0. The van der Waals surface area contributed by atoms with Crippen LogP contribution in [0.2, 0.25) is 0 Å². The van der Waals surface area contributed by atoms with Gasteiger partial charge in [-0.25, -0.2) is 0 Å². The molecule has 1 fully saturated rings. The first kappa shape index (κ1) is 13.2. The van der Waals surface area contributed by atoms with Crippen molar-refractivity contribution in [3.05, 3.63) is 29.3 Å². The minimum atomic E-state index is 0.227. The summed E-state index contributed by atoms with van der Waals surface area (Å²) in [4.78, 5) is 1.65. The Balaban J connectivity index is 1.73. The van der Waals surface area contributed by atoms with E-state index < -0.39 is 0 Å². The Morgan fingerprint density at radius 3 is 2.90 bits per heavy atom. The maximum Gasteiger partial charge on any atom is 0.204 e. The molecule has 0 radical (unpaired) electrons. The molecule has 0 bridgehead atoms. The predicted molar refractivity (Wildman–Crippen MR) is 76.3 cm³/mol. The van der Waals surface area contributed by atoms with Gasteiger partial charge in [-0.2, -0.15) is 4.80 Å². The smallest absolute Gasteiger partial charge is 0.204 e. The van der Waals surface area contributed by atoms with E-state index in [2.05, 4.69) is 41.4 Å². The average Bonchev–Trinajstić information content (AvgIpc) is 2.91. The molecule has 1 aromatic heterocycles. The van der Waals surface area contributed by atoms with Gasteiger partial charge in [0.25, 0.3) is 0 Å². The van der Waals surface area contributed by atoms with Crippen molar-refractivity contribution in [3.8, 4) is 11.4 Å². The van der Waals surface area contributed by atoms with Gasteiger partial charge >= 0.3 is 0 Å². The lowest BCUT2D eigenvalue weighted by Crippen LogP contribution is -2.25. The average molecular weight is 272 g/mol. The number of aryl methyl sites for hydroxylation is 2. The van der Waals surface area contributed by atoms with Gasteiger partial charge in [0.15, 0.2) is 0 Å². The monoisotopic (exact) mass is 272 g/mol. The van der Waals surface area contributed by atoms with Crippen LogP contribution in [0.4, 0.5) is 0 Å². The summed E-state index contributed by atoms with van der Waals surface area (Å²) >= 11 is 0. The number of benzene rings is 1. The number of tetrazole rings is 1. The van der Waals surface area contributed by atoms with Crippen molar-refractivity contribution in [2.75, 3.05) is 6.61 Å². The molecule has 1 aliphatic heterocycles. The van der Waals surface area contributed by atoms with Crippen LogP contribution in [0.25, 0.3) is 11.4 Å². The minimum absolute atomic E-state index is 0.227. The molecule has 20 heavy (non-hydrogen) atoms. The second-order valence-corrected chi connectivity index (χ2v) is 5.46. The van der Waals surface area contributed by atoms with Crippen LogP contribution in [0.5, 0.6) is 0 Å². The molecular formula is C15H20N4O. The highest BCUT2D eigenvalue weighted by Gasteiger charge is 2.16. The third kappa shape index (κ3) is 2.88. The largest absolute Gasteiger partial charge is 0.376 e. The topological polar surface area (TPSA) is 52.8 Å². The van der Waals surface area contributed by atoms with Gasteiger partial charge in [0, 0.05) is 12.2 Å². The number of hydrogen-bond donors (Lipinski definition) is 0. The Hall–Kier alpha value is -1.75. The van der Waals surface area contributed by atoms with E-state index in [1.54, 1.807) is 4.80 Å². The van der Waals surface area contributed by atoms with Crippen LogP contribution in [0.15, 0.2) is 18.2 Å². The highest BCUT2D eigenvalue weighted by atomic mass is 16.5. The van der Waals surface area contributed by atoms with Gasteiger partial charge in [0.2, 0.25) is 5.82 Å². The maximum atomic E-state index is 5.70. The molecule has 3 rings (SSSR count). The first-order chi connectivity index (χ1) is 9.72. The van der Waals surface area contributed by atoms with Crippen molar-refractivity contribution in [1.82, 2.24) is 20.2 Å². The van der Waals surface area contributed by atoms with Gasteiger partial charge in [0.05, 0.1) is 12.6 Å². The van der Waals surface area contributed by atoms with E-state index in [9.17, 15) is 0 Å². The molecule has 2 heterocycles. The Morgan fingerprint density at radius 2 is 2.15 bits per heavy atom. The molecule has 106 valence electrons. The van der Waals surface area contributed by atoms with Crippen LogP contribution in [0, 0.1) is 13.8 Å². The standard InChI is InChI=1S/C15H20N4O/c1-11-6-7-13(9-12(11)2)15-16-18-19(17-15)10-14-5-3-4-8-20-14/h6-7,9,14H,3-5,8,10H2,1-2H3. The lowest BCUT2D eigenvalue weighted by Gasteiger charge is -2.21. The van der Waals surface area contributed by atoms with Crippen LogP contribution in [0.1, 0.15) is 30.4 Å². The summed E-state index contributed by atoms with van der Waals surface area (Å²) in [6.07, 6.45) is 3.70. The number of aromatic nitrogens is 4. The molecule has 1 atom stereocenters. The van der Waals surface area contributed by atoms with Gasteiger partial charge in [0.1, 0.15) is 0 Å². The van der Waals surface area contributed by atoms with Crippen molar-refractivity contribution in [1.29, 1.82) is 0 Å². The van der Waals surface area contributed by atoms with Crippen molar-refractivity contribution in [2.45, 2.75) is 45.8 Å². The van der Waals surface area contributed by atoms with Gasteiger partial charge in [-0.05, 0) is 55.5 Å². The first-order valence-electron chi connectivity index (χ1n) is 7.19. The molecule has 0 aliphatic carbocycles. The highest BCUT2D eigenvalue weighted by Crippen LogP contribution is 2.18. The molecule has 0 N–H and O–H groups in total. The third-order valence-electron chi connectivity index (χ3n) is 3.86. The summed E-state index contributed by atoms with van der Waals surface area (Å²) < 4.78 is 5.70. The van der Waals surface area contributed by atoms with Crippen LogP contribution >= 0.6 is 0 Å². The number of nitrogens with zero attached hydrogens (tertiary/aromatic N) is 4. The summed E-state index contributed by atoms with van der Waals surface area (Å²) in [5, 5.41) is 12.7. The van der Waals surface area contributed by atoms with E-state index in [4.69, 9.17) is 4.74 Å². The lowest BCUT2D eigenvalue weighted by molar-refractivity contribution is 0.00133. The van der Waals surface area contributed by atoms with Crippen molar-refractivity contribution < 1.29 is 4.74 Å². The predicted octanol–water partition coefficient (Wildman–Crippen LogP) is 2.53. The molecule has 0 amide bonds.